The molecule has 1 nitrogen and oxygen atoms in total. The molecular weight excluding hydrogens is 202 g/mol. The summed E-state index contributed by atoms with van der Waals surface area (Å²) in [5.41, 5.74) is 7.31. The number of fused-ring (bicyclic) bond motifs is 1. The molecule has 2 rings (SSSR count). The third-order valence-electron chi connectivity index (χ3n) is 3.31. The molecular formula is C13H21NS. The minimum Gasteiger partial charge on any atom is -0.330 e. The molecule has 2 heteroatoms. The standard InChI is InChI=1S/C13H21NS/c1-9(2)12-8-11-5-3-4-10(6-7-14)13(11)15-12/h8-10H,3-7,14H2,1-2H3. The Bertz CT molecular complexity index is 327. The maximum absolute atomic E-state index is 5.69. The van der Waals surface area contributed by atoms with Crippen LogP contribution in [0.15, 0.2) is 6.07 Å². The van der Waals surface area contributed by atoms with Gasteiger partial charge in [0.05, 0.1) is 0 Å². The van der Waals surface area contributed by atoms with Crippen molar-refractivity contribution >= 4 is 11.3 Å². The number of hydrogen-bond acceptors (Lipinski definition) is 2. The van der Waals surface area contributed by atoms with Crippen molar-refractivity contribution < 1.29 is 0 Å². The van der Waals surface area contributed by atoms with Gasteiger partial charge in [-0.15, -0.1) is 11.3 Å². The van der Waals surface area contributed by atoms with Crippen LogP contribution in [0.25, 0.3) is 0 Å². The van der Waals surface area contributed by atoms with Crippen LogP contribution in [0.4, 0.5) is 0 Å². The molecule has 0 aromatic carbocycles. The van der Waals surface area contributed by atoms with E-state index in [-0.39, 0.29) is 0 Å². The van der Waals surface area contributed by atoms with E-state index in [2.05, 4.69) is 19.9 Å². The highest BCUT2D eigenvalue weighted by molar-refractivity contribution is 7.12. The molecule has 0 spiro atoms. The fourth-order valence-corrected chi connectivity index (χ4v) is 3.82. The van der Waals surface area contributed by atoms with Crippen molar-refractivity contribution in [1.29, 1.82) is 0 Å². The molecule has 1 aliphatic rings. The van der Waals surface area contributed by atoms with Crippen LogP contribution in [0.3, 0.4) is 0 Å². The second kappa shape index (κ2) is 4.67. The van der Waals surface area contributed by atoms with Gasteiger partial charge in [0.15, 0.2) is 0 Å². The Morgan fingerprint density at radius 1 is 1.53 bits per heavy atom. The normalized spacial score (nSPS) is 20.7. The van der Waals surface area contributed by atoms with E-state index in [1.807, 2.05) is 11.3 Å². The summed E-state index contributed by atoms with van der Waals surface area (Å²) >= 11 is 2.04. The van der Waals surface area contributed by atoms with E-state index in [4.69, 9.17) is 5.73 Å². The smallest absolute Gasteiger partial charge is 0.0112 e. The van der Waals surface area contributed by atoms with E-state index in [1.54, 1.807) is 15.3 Å². The van der Waals surface area contributed by atoms with Gasteiger partial charge >= 0.3 is 0 Å². The molecule has 0 saturated carbocycles. The molecule has 0 amide bonds. The number of rotatable bonds is 3. The highest BCUT2D eigenvalue weighted by atomic mass is 32.1. The molecule has 1 unspecified atom stereocenters. The van der Waals surface area contributed by atoms with Crippen LogP contribution in [-0.4, -0.2) is 6.54 Å². The fraction of sp³-hybridized carbons (Fsp3) is 0.692. The molecule has 0 radical (unpaired) electrons. The minimum absolute atomic E-state index is 0.680. The van der Waals surface area contributed by atoms with Gasteiger partial charge in [-0.25, -0.2) is 0 Å². The molecule has 2 N–H and O–H groups in total. The van der Waals surface area contributed by atoms with Gasteiger partial charge in [-0.05, 0) is 55.7 Å². The first-order valence-corrected chi connectivity index (χ1v) is 6.86. The van der Waals surface area contributed by atoms with E-state index >= 15 is 0 Å². The molecule has 15 heavy (non-hydrogen) atoms. The lowest BCUT2D eigenvalue weighted by atomic mass is 9.87. The molecule has 1 heterocycles. The molecule has 1 aliphatic carbocycles. The zero-order chi connectivity index (χ0) is 10.8. The van der Waals surface area contributed by atoms with Crippen molar-refractivity contribution in [3.63, 3.8) is 0 Å². The Morgan fingerprint density at radius 3 is 3.00 bits per heavy atom. The molecule has 1 atom stereocenters. The first kappa shape index (κ1) is 11.2. The molecule has 0 fully saturated rings. The van der Waals surface area contributed by atoms with E-state index in [1.165, 1.54) is 25.7 Å². The first-order valence-electron chi connectivity index (χ1n) is 6.05. The van der Waals surface area contributed by atoms with E-state index in [0.29, 0.717) is 5.92 Å². The second-order valence-corrected chi connectivity index (χ2v) is 5.97. The van der Waals surface area contributed by atoms with Crippen LogP contribution in [-0.2, 0) is 6.42 Å². The van der Waals surface area contributed by atoms with Crippen LogP contribution in [0.5, 0.6) is 0 Å². The average molecular weight is 223 g/mol. The Labute approximate surface area is 96.7 Å². The summed E-state index contributed by atoms with van der Waals surface area (Å²) in [7, 11) is 0. The first-order chi connectivity index (χ1) is 7.22. The van der Waals surface area contributed by atoms with Gasteiger partial charge in [-0.2, -0.15) is 0 Å². The number of aryl methyl sites for hydroxylation is 1. The maximum Gasteiger partial charge on any atom is 0.0112 e. The monoisotopic (exact) mass is 223 g/mol. The highest BCUT2D eigenvalue weighted by Gasteiger charge is 2.22. The molecule has 0 saturated heterocycles. The SMILES string of the molecule is CC(C)c1cc2c(s1)C(CCN)CCC2. The number of nitrogens with two attached hydrogens (primary N) is 1. The highest BCUT2D eigenvalue weighted by Crippen LogP contribution is 2.41. The van der Waals surface area contributed by atoms with Crippen molar-refractivity contribution in [3.8, 4) is 0 Å². The predicted molar refractivity (Wildman–Crippen MR) is 67.8 cm³/mol. The third kappa shape index (κ3) is 2.26. The maximum atomic E-state index is 5.69. The zero-order valence-corrected chi connectivity index (χ0v) is 10.6. The van der Waals surface area contributed by atoms with Crippen molar-refractivity contribution in [2.45, 2.75) is 51.4 Å². The summed E-state index contributed by atoms with van der Waals surface area (Å²) in [4.78, 5) is 3.21. The molecule has 84 valence electrons. The summed E-state index contributed by atoms with van der Waals surface area (Å²) in [6, 6.07) is 2.44. The molecule has 1 aromatic heterocycles. The minimum atomic E-state index is 0.680. The lowest BCUT2D eigenvalue weighted by molar-refractivity contribution is 0.536. The van der Waals surface area contributed by atoms with Crippen LogP contribution in [0, 0.1) is 0 Å². The second-order valence-electron chi connectivity index (χ2n) is 4.86. The van der Waals surface area contributed by atoms with Gasteiger partial charge in [-0.1, -0.05) is 13.8 Å². The molecule has 1 aromatic rings. The number of hydrogen-bond donors (Lipinski definition) is 1. The third-order valence-corrected chi connectivity index (χ3v) is 4.95. The van der Waals surface area contributed by atoms with E-state index in [0.717, 1.165) is 12.5 Å². The van der Waals surface area contributed by atoms with Crippen LogP contribution in [0.1, 0.15) is 60.3 Å². The summed E-state index contributed by atoms with van der Waals surface area (Å²) in [5.74, 6) is 1.44. The van der Waals surface area contributed by atoms with E-state index < -0.39 is 0 Å². The van der Waals surface area contributed by atoms with Crippen molar-refractivity contribution in [2.75, 3.05) is 6.54 Å². The summed E-state index contributed by atoms with van der Waals surface area (Å²) in [5, 5.41) is 0. The van der Waals surface area contributed by atoms with Gasteiger partial charge in [0.25, 0.3) is 0 Å². The summed E-state index contributed by atoms with van der Waals surface area (Å²) < 4.78 is 0. The fourth-order valence-electron chi connectivity index (χ4n) is 2.44. The van der Waals surface area contributed by atoms with Crippen LogP contribution < -0.4 is 5.73 Å². The van der Waals surface area contributed by atoms with Gasteiger partial charge in [-0.3, -0.25) is 0 Å². The topological polar surface area (TPSA) is 26.0 Å². The Morgan fingerprint density at radius 2 is 2.33 bits per heavy atom. The van der Waals surface area contributed by atoms with Gasteiger partial charge in [0.1, 0.15) is 0 Å². The summed E-state index contributed by atoms with van der Waals surface area (Å²) in [6.07, 6.45) is 5.17. The lowest BCUT2D eigenvalue weighted by Crippen LogP contribution is -2.11. The molecule has 0 bridgehead atoms. The Kier molecular flexibility index (Phi) is 3.47. The Balaban J connectivity index is 2.26. The van der Waals surface area contributed by atoms with Gasteiger partial charge < -0.3 is 5.73 Å². The predicted octanol–water partition coefficient (Wildman–Crippen LogP) is 3.64. The van der Waals surface area contributed by atoms with Crippen molar-refractivity contribution in [2.24, 2.45) is 5.73 Å². The lowest BCUT2D eigenvalue weighted by Gasteiger charge is -2.21. The largest absolute Gasteiger partial charge is 0.330 e. The average Bonchev–Trinajstić information content (AvgIpc) is 2.63. The van der Waals surface area contributed by atoms with Crippen molar-refractivity contribution in [3.05, 3.63) is 21.4 Å². The van der Waals surface area contributed by atoms with Crippen LogP contribution in [0.2, 0.25) is 0 Å². The van der Waals surface area contributed by atoms with E-state index in [9.17, 15) is 0 Å². The Hall–Kier alpha value is -0.340. The quantitative estimate of drug-likeness (QED) is 0.832. The van der Waals surface area contributed by atoms with Crippen molar-refractivity contribution in [1.82, 2.24) is 0 Å². The van der Waals surface area contributed by atoms with Gasteiger partial charge in [0.2, 0.25) is 0 Å². The zero-order valence-electron chi connectivity index (χ0n) is 9.75. The van der Waals surface area contributed by atoms with Gasteiger partial charge in [0, 0.05) is 9.75 Å². The van der Waals surface area contributed by atoms with Crippen LogP contribution >= 0.6 is 11.3 Å². The summed E-state index contributed by atoms with van der Waals surface area (Å²) in [6.45, 7) is 5.41. The number of thiophene rings is 1. The molecule has 0 aliphatic heterocycles.